The first-order valence-corrected chi connectivity index (χ1v) is 7.14. The molecule has 1 heterocycles. The quantitative estimate of drug-likeness (QED) is 0.738. The van der Waals surface area contributed by atoms with Crippen LogP contribution in [-0.2, 0) is 4.79 Å². The third kappa shape index (κ3) is 2.70. The molecule has 0 aromatic carbocycles. The maximum Gasteiger partial charge on any atom is 0.240 e. The molecule has 1 atom stereocenters. The first-order valence-electron chi connectivity index (χ1n) is 5.98. The molecule has 16 heavy (non-hydrogen) atoms. The number of rotatable bonds is 2. The van der Waals surface area contributed by atoms with Gasteiger partial charge >= 0.3 is 0 Å². The van der Waals surface area contributed by atoms with Crippen molar-refractivity contribution in [3.8, 4) is 0 Å². The minimum absolute atomic E-state index is 0.103. The largest absolute Gasteiger partial charge is 0.393 e. The first-order chi connectivity index (χ1) is 7.68. The van der Waals surface area contributed by atoms with Gasteiger partial charge in [0.1, 0.15) is 0 Å². The molecule has 2 fully saturated rings. The van der Waals surface area contributed by atoms with E-state index in [0.29, 0.717) is 0 Å². The van der Waals surface area contributed by atoms with E-state index in [0.717, 1.165) is 43.9 Å². The Balaban J connectivity index is 1.86. The topological polar surface area (TPSA) is 66.6 Å². The summed E-state index contributed by atoms with van der Waals surface area (Å²) in [5.41, 5.74) is 6.04. The van der Waals surface area contributed by atoms with Gasteiger partial charge in [-0.15, -0.1) is 11.8 Å². The Labute approximate surface area is 101 Å². The lowest BCUT2D eigenvalue weighted by Gasteiger charge is -2.31. The second-order valence-corrected chi connectivity index (χ2v) is 5.81. The molecule has 0 unspecified atom stereocenters. The smallest absolute Gasteiger partial charge is 0.240 e. The van der Waals surface area contributed by atoms with Crippen LogP contribution in [0.5, 0.6) is 0 Å². The first kappa shape index (κ1) is 12.2. The molecule has 0 radical (unpaired) electrons. The molecule has 3 N–H and O–H groups in total. The number of hydrogen-bond acceptors (Lipinski definition) is 4. The molecule has 1 saturated carbocycles. The summed E-state index contributed by atoms with van der Waals surface area (Å²) in [6.45, 7) is 0.840. The summed E-state index contributed by atoms with van der Waals surface area (Å²) >= 11 is 1.78. The number of aliphatic hydroxyl groups excluding tert-OH is 1. The van der Waals surface area contributed by atoms with Crippen molar-refractivity contribution in [2.75, 3.05) is 18.2 Å². The van der Waals surface area contributed by atoms with E-state index in [2.05, 4.69) is 0 Å². The Morgan fingerprint density at radius 1 is 1.38 bits per heavy atom. The highest BCUT2D eigenvalue weighted by Gasteiger charge is 2.32. The summed E-state index contributed by atoms with van der Waals surface area (Å²) < 4.78 is 0. The number of thioether (sulfide) groups is 1. The van der Waals surface area contributed by atoms with Gasteiger partial charge in [-0.3, -0.25) is 4.79 Å². The molecular formula is C11H20N2O2S. The second-order valence-electron chi connectivity index (χ2n) is 4.73. The van der Waals surface area contributed by atoms with Crippen LogP contribution in [0.15, 0.2) is 0 Å². The third-order valence-electron chi connectivity index (χ3n) is 3.60. The second kappa shape index (κ2) is 5.38. The van der Waals surface area contributed by atoms with E-state index in [1.165, 1.54) is 0 Å². The van der Waals surface area contributed by atoms with Crippen LogP contribution in [0.3, 0.4) is 0 Å². The van der Waals surface area contributed by atoms with Gasteiger partial charge in [0.25, 0.3) is 0 Å². The molecule has 5 heteroatoms. The van der Waals surface area contributed by atoms with Crippen LogP contribution < -0.4 is 5.73 Å². The zero-order valence-electron chi connectivity index (χ0n) is 9.47. The molecule has 0 spiro atoms. The number of hydrogen-bond donors (Lipinski definition) is 2. The van der Waals surface area contributed by atoms with E-state index in [1.807, 2.05) is 4.90 Å². The molecule has 92 valence electrons. The van der Waals surface area contributed by atoms with Crippen molar-refractivity contribution in [3.05, 3.63) is 0 Å². The highest BCUT2D eigenvalue weighted by Crippen LogP contribution is 2.27. The van der Waals surface area contributed by atoms with E-state index in [4.69, 9.17) is 5.73 Å². The Morgan fingerprint density at radius 3 is 2.62 bits per heavy atom. The van der Waals surface area contributed by atoms with Crippen LogP contribution in [0, 0.1) is 5.92 Å². The standard InChI is InChI=1S/C11H20N2O2S/c12-10(8-1-3-9(14)4-2-8)11(15)13-5-6-16-7-13/h8-10,14H,1-7,12H2/t8?,9?,10-/m0/s1. The van der Waals surface area contributed by atoms with E-state index >= 15 is 0 Å². The molecular weight excluding hydrogens is 224 g/mol. The van der Waals surface area contributed by atoms with Crippen LogP contribution in [0.2, 0.25) is 0 Å². The fourth-order valence-corrected chi connectivity index (χ4v) is 3.42. The SMILES string of the molecule is N[C@H](C(=O)N1CCSC1)C1CCC(O)CC1. The van der Waals surface area contributed by atoms with Crippen molar-refractivity contribution in [1.29, 1.82) is 0 Å². The number of carbonyl (C=O) groups excluding carboxylic acids is 1. The third-order valence-corrected chi connectivity index (χ3v) is 4.56. The number of amides is 1. The van der Waals surface area contributed by atoms with Gasteiger partial charge in [0, 0.05) is 12.3 Å². The lowest BCUT2D eigenvalue weighted by molar-refractivity contribution is -0.132. The summed E-state index contributed by atoms with van der Waals surface area (Å²) in [5.74, 6) is 2.19. The van der Waals surface area contributed by atoms with Crippen molar-refractivity contribution < 1.29 is 9.90 Å². The summed E-state index contributed by atoms with van der Waals surface area (Å²) in [6, 6.07) is -0.355. The fraction of sp³-hybridized carbons (Fsp3) is 0.909. The number of carbonyl (C=O) groups is 1. The molecule has 4 nitrogen and oxygen atoms in total. The Kier molecular flexibility index (Phi) is 4.10. The van der Waals surface area contributed by atoms with Crippen LogP contribution in [0.25, 0.3) is 0 Å². The summed E-state index contributed by atoms with van der Waals surface area (Å²) in [6.07, 6.45) is 3.17. The summed E-state index contributed by atoms with van der Waals surface area (Å²) in [5, 5.41) is 9.42. The average Bonchev–Trinajstić information content (AvgIpc) is 2.81. The fourth-order valence-electron chi connectivity index (χ4n) is 2.46. The molecule has 0 bridgehead atoms. The lowest BCUT2D eigenvalue weighted by Crippen LogP contribution is -2.47. The Hall–Kier alpha value is -0.260. The van der Waals surface area contributed by atoms with Gasteiger partial charge in [0.05, 0.1) is 18.0 Å². The van der Waals surface area contributed by atoms with Gasteiger partial charge < -0.3 is 15.7 Å². The highest BCUT2D eigenvalue weighted by atomic mass is 32.2. The van der Waals surface area contributed by atoms with E-state index in [-0.39, 0.29) is 24.0 Å². The van der Waals surface area contributed by atoms with Gasteiger partial charge in [-0.1, -0.05) is 0 Å². The zero-order chi connectivity index (χ0) is 11.5. The molecule has 2 aliphatic rings. The monoisotopic (exact) mass is 244 g/mol. The van der Waals surface area contributed by atoms with Crippen molar-refractivity contribution >= 4 is 17.7 Å². The Bertz CT molecular complexity index is 248. The lowest BCUT2D eigenvalue weighted by atomic mass is 9.82. The predicted octanol–water partition coefficient (Wildman–Crippen LogP) is 0.398. The zero-order valence-corrected chi connectivity index (χ0v) is 10.3. The predicted molar refractivity (Wildman–Crippen MR) is 65.0 cm³/mol. The molecule has 1 aliphatic heterocycles. The van der Waals surface area contributed by atoms with Gasteiger partial charge in [0.15, 0.2) is 0 Å². The minimum atomic E-state index is -0.355. The van der Waals surface area contributed by atoms with Gasteiger partial charge in [0.2, 0.25) is 5.91 Å². The van der Waals surface area contributed by atoms with Crippen LogP contribution in [0.1, 0.15) is 25.7 Å². The molecule has 1 aliphatic carbocycles. The number of nitrogens with two attached hydrogens (primary N) is 1. The molecule has 2 rings (SSSR count). The van der Waals surface area contributed by atoms with Crippen molar-refractivity contribution in [3.63, 3.8) is 0 Å². The van der Waals surface area contributed by atoms with Crippen molar-refractivity contribution in [2.24, 2.45) is 11.7 Å². The average molecular weight is 244 g/mol. The highest BCUT2D eigenvalue weighted by molar-refractivity contribution is 7.99. The normalized spacial score (nSPS) is 32.8. The van der Waals surface area contributed by atoms with E-state index in [9.17, 15) is 9.90 Å². The molecule has 0 aromatic rings. The van der Waals surface area contributed by atoms with E-state index < -0.39 is 0 Å². The van der Waals surface area contributed by atoms with Crippen molar-refractivity contribution in [2.45, 2.75) is 37.8 Å². The Morgan fingerprint density at radius 2 is 2.06 bits per heavy atom. The van der Waals surface area contributed by atoms with Gasteiger partial charge in [-0.05, 0) is 31.6 Å². The molecule has 0 aromatic heterocycles. The van der Waals surface area contributed by atoms with Crippen LogP contribution >= 0.6 is 11.8 Å². The van der Waals surface area contributed by atoms with Crippen molar-refractivity contribution in [1.82, 2.24) is 4.90 Å². The maximum absolute atomic E-state index is 12.1. The van der Waals surface area contributed by atoms with Gasteiger partial charge in [-0.2, -0.15) is 0 Å². The van der Waals surface area contributed by atoms with Crippen LogP contribution in [-0.4, -0.2) is 46.2 Å². The van der Waals surface area contributed by atoms with Gasteiger partial charge in [-0.25, -0.2) is 0 Å². The number of aliphatic hydroxyl groups is 1. The molecule has 1 amide bonds. The van der Waals surface area contributed by atoms with Crippen LogP contribution in [0.4, 0.5) is 0 Å². The number of nitrogens with zero attached hydrogens (tertiary/aromatic N) is 1. The summed E-state index contributed by atoms with van der Waals surface area (Å²) in [4.78, 5) is 13.9. The van der Waals surface area contributed by atoms with E-state index in [1.54, 1.807) is 11.8 Å². The minimum Gasteiger partial charge on any atom is -0.393 e. The molecule has 1 saturated heterocycles. The summed E-state index contributed by atoms with van der Waals surface area (Å²) in [7, 11) is 0. The maximum atomic E-state index is 12.1.